The van der Waals surface area contributed by atoms with Gasteiger partial charge in [-0.1, -0.05) is 11.6 Å². The summed E-state index contributed by atoms with van der Waals surface area (Å²) in [5, 5.41) is 4.03. The third-order valence-corrected chi connectivity index (χ3v) is 6.13. The molecule has 1 atom stereocenters. The molecule has 0 radical (unpaired) electrons. The molecule has 2 fully saturated rings. The van der Waals surface area contributed by atoms with Gasteiger partial charge in [0.05, 0.1) is 23.8 Å². The predicted octanol–water partition coefficient (Wildman–Crippen LogP) is 3.24. The average Bonchev–Trinajstić information content (AvgIpc) is 2.80. The molecule has 3 heterocycles. The summed E-state index contributed by atoms with van der Waals surface area (Å²) in [6.45, 7) is 5.16. The number of likely N-dealkylation sites (tertiary alicyclic amines) is 1. The summed E-state index contributed by atoms with van der Waals surface area (Å²) in [4.78, 5) is 6.75. The van der Waals surface area contributed by atoms with E-state index in [1.165, 1.54) is 12.8 Å². The van der Waals surface area contributed by atoms with Crippen molar-refractivity contribution in [3.05, 3.63) is 22.7 Å². The number of piperidine rings is 1. The van der Waals surface area contributed by atoms with E-state index in [0.717, 1.165) is 57.1 Å². The third-order valence-electron chi connectivity index (χ3n) is 5.85. The normalized spacial score (nSPS) is 22.8. The highest BCUT2D eigenvalue weighted by Crippen LogP contribution is 2.38. The Bertz CT molecular complexity index is 731. The van der Waals surface area contributed by atoms with E-state index < -0.39 is 0 Å². The molecule has 0 amide bonds. The average molecular weight is 438 g/mol. The first-order valence-corrected chi connectivity index (χ1v) is 11.4. The number of nitrogens with zero attached hydrogens (tertiary/aromatic N) is 2. The monoisotopic (exact) mass is 437 g/mol. The molecule has 0 spiro atoms. The highest BCUT2D eigenvalue weighted by molar-refractivity contribution is 6.32. The number of nitrogens with one attached hydrogen (secondary N) is 1. The van der Waals surface area contributed by atoms with Gasteiger partial charge in [-0.25, -0.2) is 0 Å². The van der Waals surface area contributed by atoms with Gasteiger partial charge < -0.3 is 29.2 Å². The molecular formula is C22H32ClN3O4. The fraction of sp³-hybridized carbons (Fsp3) is 0.682. The van der Waals surface area contributed by atoms with Gasteiger partial charge in [-0.15, -0.1) is 0 Å². The van der Waals surface area contributed by atoms with Crippen LogP contribution in [0.15, 0.2) is 17.1 Å². The number of aliphatic imine (C=N–C) groups is 1. The number of guanidine groups is 1. The number of hydrogen-bond donors (Lipinski definition) is 1. The van der Waals surface area contributed by atoms with Crippen LogP contribution in [0.4, 0.5) is 0 Å². The Kier molecular flexibility index (Phi) is 7.57. The van der Waals surface area contributed by atoms with Crippen molar-refractivity contribution in [3.63, 3.8) is 0 Å². The van der Waals surface area contributed by atoms with Crippen LogP contribution in [0.2, 0.25) is 5.02 Å². The number of fused-ring (bicyclic) bond motifs is 1. The molecule has 1 N–H and O–H groups in total. The first-order chi connectivity index (χ1) is 14.7. The highest BCUT2D eigenvalue weighted by atomic mass is 35.5. The molecule has 1 aromatic carbocycles. The van der Waals surface area contributed by atoms with Crippen molar-refractivity contribution in [3.8, 4) is 11.5 Å². The van der Waals surface area contributed by atoms with Crippen molar-refractivity contribution < 1.29 is 18.9 Å². The predicted molar refractivity (Wildman–Crippen MR) is 117 cm³/mol. The minimum absolute atomic E-state index is 0.282. The second-order valence-electron chi connectivity index (χ2n) is 8.01. The van der Waals surface area contributed by atoms with Gasteiger partial charge in [0.2, 0.25) is 0 Å². The summed E-state index contributed by atoms with van der Waals surface area (Å²) < 4.78 is 23.2. The third kappa shape index (κ3) is 5.50. The highest BCUT2D eigenvalue weighted by Gasteiger charge is 2.24. The summed E-state index contributed by atoms with van der Waals surface area (Å²) in [6.07, 6.45) is 6.15. The maximum Gasteiger partial charge on any atom is 0.193 e. The molecule has 0 aromatic heterocycles. The molecule has 1 unspecified atom stereocenters. The van der Waals surface area contributed by atoms with Gasteiger partial charge >= 0.3 is 0 Å². The van der Waals surface area contributed by atoms with Gasteiger partial charge in [0.1, 0.15) is 13.2 Å². The number of rotatable bonds is 5. The van der Waals surface area contributed by atoms with Crippen LogP contribution in [0, 0.1) is 0 Å². The Morgan fingerprint density at radius 2 is 2.00 bits per heavy atom. The first kappa shape index (κ1) is 21.5. The molecule has 0 bridgehead atoms. The molecule has 2 saturated heterocycles. The van der Waals surface area contributed by atoms with Crippen molar-refractivity contribution in [2.75, 3.05) is 46.6 Å². The maximum atomic E-state index is 6.35. The molecular weight excluding hydrogens is 406 g/mol. The van der Waals surface area contributed by atoms with E-state index in [1.807, 2.05) is 19.2 Å². The Labute approximate surface area is 183 Å². The molecule has 8 heteroatoms. The second-order valence-corrected chi connectivity index (χ2v) is 8.42. The smallest absolute Gasteiger partial charge is 0.193 e. The molecule has 0 saturated carbocycles. The number of hydrogen-bond acceptors (Lipinski definition) is 5. The van der Waals surface area contributed by atoms with Crippen LogP contribution in [0.3, 0.4) is 0 Å². The van der Waals surface area contributed by atoms with Crippen LogP contribution >= 0.6 is 11.6 Å². The fourth-order valence-electron chi connectivity index (χ4n) is 4.20. The van der Waals surface area contributed by atoms with Crippen LogP contribution in [0.5, 0.6) is 11.5 Å². The zero-order valence-corrected chi connectivity index (χ0v) is 18.5. The minimum atomic E-state index is 0.282. The minimum Gasteiger partial charge on any atom is -0.486 e. The van der Waals surface area contributed by atoms with Crippen LogP contribution in [-0.2, 0) is 16.0 Å². The molecule has 1 aromatic rings. The Morgan fingerprint density at radius 1 is 1.17 bits per heavy atom. The summed E-state index contributed by atoms with van der Waals surface area (Å²) in [5.74, 6) is 2.24. The summed E-state index contributed by atoms with van der Waals surface area (Å²) in [7, 11) is 1.82. The lowest BCUT2D eigenvalue weighted by molar-refractivity contribution is -0.0721. The van der Waals surface area contributed by atoms with Gasteiger partial charge in [0.25, 0.3) is 0 Å². The van der Waals surface area contributed by atoms with E-state index >= 15 is 0 Å². The molecule has 166 valence electrons. The van der Waals surface area contributed by atoms with Gasteiger partial charge in [-0.2, -0.15) is 0 Å². The Hall–Kier alpha value is -1.70. The molecule has 4 rings (SSSR count). The zero-order chi connectivity index (χ0) is 20.8. The van der Waals surface area contributed by atoms with Gasteiger partial charge in [0, 0.05) is 33.3 Å². The molecule has 3 aliphatic rings. The second kappa shape index (κ2) is 10.6. The summed E-state index contributed by atoms with van der Waals surface area (Å²) >= 11 is 6.35. The zero-order valence-electron chi connectivity index (χ0n) is 17.7. The Balaban J connectivity index is 1.24. The van der Waals surface area contributed by atoms with Gasteiger partial charge in [-0.3, -0.25) is 4.99 Å². The largest absolute Gasteiger partial charge is 0.486 e. The molecule has 0 aliphatic carbocycles. The number of benzene rings is 1. The Morgan fingerprint density at radius 3 is 2.77 bits per heavy atom. The molecule has 7 nitrogen and oxygen atoms in total. The van der Waals surface area contributed by atoms with Crippen molar-refractivity contribution in [2.24, 2.45) is 4.99 Å². The van der Waals surface area contributed by atoms with Crippen LogP contribution in [0.1, 0.15) is 37.7 Å². The molecule has 30 heavy (non-hydrogen) atoms. The van der Waals surface area contributed by atoms with E-state index in [1.54, 1.807) is 0 Å². The maximum absolute atomic E-state index is 6.35. The van der Waals surface area contributed by atoms with Gasteiger partial charge in [-0.05, 0) is 49.8 Å². The quantitative estimate of drug-likeness (QED) is 0.563. The van der Waals surface area contributed by atoms with Crippen LogP contribution in [0.25, 0.3) is 0 Å². The van der Waals surface area contributed by atoms with Crippen molar-refractivity contribution in [1.29, 1.82) is 0 Å². The van der Waals surface area contributed by atoms with E-state index in [4.69, 9.17) is 30.5 Å². The van der Waals surface area contributed by atoms with E-state index in [0.29, 0.717) is 42.4 Å². The van der Waals surface area contributed by atoms with E-state index in [2.05, 4.69) is 15.2 Å². The number of ether oxygens (including phenoxy) is 4. The SMILES string of the molecule is CN=C(NCc1cc(Cl)c2c(c1)OCCO2)N1CCC(OCC2CCCCO2)CC1. The van der Waals surface area contributed by atoms with Crippen LogP contribution in [-0.4, -0.2) is 69.6 Å². The lowest BCUT2D eigenvalue weighted by Gasteiger charge is -2.35. The van der Waals surface area contributed by atoms with Gasteiger partial charge in [0.15, 0.2) is 17.5 Å². The lowest BCUT2D eigenvalue weighted by atomic mass is 10.1. The van der Waals surface area contributed by atoms with Crippen molar-refractivity contribution in [1.82, 2.24) is 10.2 Å². The van der Waals surface area contributed by atoms with E-state index in [-0.39, 0.29) is 6.10 Å². The summed E-state index contributed by atoms with van der Waals surface area (Å²) in [6, 6.07) is 3.90. The summed E-state index contributed by atoms with van der Waals surface area (Å²) in [5.41, 5.74) is 1.04. The lowest BCUT2D eigenvalue weighted by Crippen LogP contribution is -2.47. The first-order valence-electron chi connectivity index (χ1n) is 11.0. The molecule has 3 aliphatic heterocycles. The van der Waals surface area contributed by atoms with Crippen molar-refractivity contribution >= 4 is 17.6 Å². The fourth-order valence-corrected chi connectivity index (χ4v) is 4.48. The van der Waals surface area contributed by atoms with Crippen LogP contribution < -0.4 is 14.8 Å². The topological polar surface area (TPSA) is 64.6 Å². The standard InChI is InChI=1S/C22H32ClN3O4/c1-24-22(25-14-16-12-19(23)21-20(13-16)28-10-11-29-21)26-7-5-17(6-8-26)30-15-18-4-2-3-9-27-18/h12-13,17-18H,2-11,14-15H2,1H3,(H,24,25). The van der Waals surface area contributed by atoms with Crippen molar-refractivity contribution in [2.45, 2.75) is 50.9 Å². The van der Waals surface area contributed by atoms with E-state index in [9.17, 15) is 0 Å². The number of halogens is 1.